The van der Waals surface area contributed by atoms with Crippen LogP contribution in [0.1, 0.15) is 64.1 Å². The van der Waals surface area contributed by atoms with Gasteiger partial charge in [-0.1, -0.05) is 26.8 Å². The standard InChI is InChI=1S/C22H23F2N5.C4H10/c1-13-20-21(28-27-13)15-12-14(29-10-3-2-4-11-29)8-9-18(15)25-22(26-20)19-16(23)6-5-7-17(19)24;1-4(2)3/h5-9,12,20-21,28H,2-4,10-11H2,1H3,(H,25,26);4H,1-3H3. The number of rotatable bonds is 2. The van der Waals surface area contributed by atoms with E-state index in [4.69, 9.17) is 0 Å². The van der Waals surface area contributed by atoms with Crippen LogP contribution in [0.2, 0.25) is 0 Å². The molecule has 2 N–H and O–H groups in total. The van der Waals surface area contributed by atoms with Gasteiger partial charge >= 0.3 is 0 Å². The molecular weight excluding hydrogens is 420 g/mol. The zero-order valence-corrected chi connectivity index (χ0v) is 19.8. The molecule has 1 saturated heterocycles. The van der Waals surface area contributed by atoms with Crippen molar-refractivity contribution in [2.24, 2.45) is 16.0 Å². The number of halogens is 2. The Morgan fingerprint density at radius 2 is 1.67 bits per heavy atom. The fourth-order valence-corrected chi connectivity index (χ4v) is 4.38. The van der Waals surface area contributed by atoms with Crippen molar-refractivity contribution < 1.29 is 8.78 Å². The van der Waals surface area contributed by atoms with Crippen LogP contribution in [0.3, 0.4) is 0 Å². The summed E-state index contributed by atoms with van der Waals surface area (Å²) in [7, 11) is 0. The van der Waals surface area contributed by atoms with Gasteiger partial charge in [-0.2, -0.15) is 5.10 Å². The van der Waals surface area contributed by atoms with Crippen molar-refractivity contribution in [1.82, 2.24) is 5.43 Å². The van der Waals surface area contributed by atoms with Crippen molar-refractivity contribution >= 4 is 22.9 Å². The van der Waals surface area contributed by atoms with E-state index in [1.165, 1.54) is 37.5 Å². The van der Waals surface area contributed by atoms with Gasteiger partial charge in [-0.05, 0) is 62.4 Å². The Labute approximate surface area is 195 Å². The third kappa shape index (κ3) is 5.02. The zero-order chi connectivity index (χ0) is 23.5. The zero-order valence-electron chi connectivity index (χ0n) is 19.8. The quantitative estimate of drug-likeness (QED) is 0.597. The van der Waals surface area contributed by atoms with Gasteiger partial charge in [-0.3, -0.25) is 10.4 Å². The first-order valence-electron chi connectivity index (χ1n) is 11.8. The van der Waals surface area contributed by atoms with E-state index in [2.05, 4.69) is 58.6 Å². The molecule has 5 nitrogen and oxygen atoms in total. The van der Waals surface area contributed by atoms with E-state index >= 15 is 0 Å². The molecule has 3 aliphatic heterocycles. The molecular formula is C26H33F2N5. The molecule has 33 heavy (non-hydrogen) atoms. The van der Waals surface area contributed by atoms with Gasteiger partial charge in [0.1, 0.15) is 23.5 Å². The summed E-state index contributed by atoms with van der Waals surface area (Å²) in [5.41, 5.74) is 6.78. The minimum Gasteiger partial charge on any atom is -0.372 e. The largest absolute Gasteiger partial charge is 0.372 e. The van der Waals surface area contributed by atoms with Gasteiger partial charge in [0.05, 0.1) is 17.3 Å². The average molecular weight is 454 g/mol. The lowest BCUT2D eigenvalue weighted by Crippen LogP contribution is -2.30. The van der Waals surface area contributed by atoms with Gasteiger partial charge in [0, 0.05) is 30.0 Å². The SMILES string of the molecule is CC(C)C.CC1=NNC2c3cc(N4CCCCC4)ccc3NC(c3c(F)cccc3F)=NC12. The highest BCUT2D eigenvalue weighted by molar-refractivity contribution is 6.11. The molecule has 0 amide bonds. The molecule has 7 heteroatoms. The van der Waals surface area contributed by atoms with Crippen LogP contribution in [0, 0.1) is 17.6 Å². The molecule has 176 valence electrons. The number of amidine groups is 1. The highest BCUT2D eigenvalue weighted by Gasteiger charge is 2.36. The van der Waals surface area contributed by atoms with Crippen LogP contribution in [0.25, 0.3) is 0 Å². The Kier molecular flexibility index (Phi) is 6.96. The van der Waals surface area contributed by atoms with Crippen LogP contribution in [-0.2, 0) is 0 Å². The van der Waals surface area contributed by atoms with Crippen LogP contribution >= 0.6 is 0 Å². The Balaban J connectivity index is 0.000000601. The number of benzene rings is 2. The van der Waals surface area contributed by atoms with E-state index in [9.17, 15) is 8.78 Å². The Morgan fingerprint density at radius 3 is 2.33 bits per heavy atom. The van der Waals surface area contributed by atoms with Crippen LogP contribution in [0.15, 0.2) is 46.5 Å². The molecule has 0 saturated carbocycles. The van der Waals surface area contributed by atoms with Crippen molar-refractivity contribution in [3.05, 3.63) is 59.2 Å². The number of anilines is 2. The maximum Gasteiger partial charge on any atom is 0.139 e. The van der Waals surface area contributed by atoms with Crippen LogP contribution in [0.5, 0.6) is 0 Å². The lowest BCUT2D eigenvalue weighted by atomic mass is 9.96. The number of nitrogens with zero attached hydrogens (tertiary/aromatic N) is 3. The number of hydrogen-bond acceptors (Lipinski definition) is 5. The first kappa shape index (κ1) is 23.2. The number of piperidine rings is 1. The third-order valence-electron chi connectivity index (χ3n) is 5.94. The predicted molar refractivity (Wildman–Crippen MR) is 132 cm³/mol. The molecule has 3 heterocycles. The molecule has 0 spiro atoms. The number of fused-ring (bicyclic) bond motifs is 3. The van der Waals surface area contributed by atoms with Crippen LogP contribution < -0.4 is 15.6 Å². The molecule has 2 aromatic carbocycles. The fraction of sp³-hybridized carbons (Fsp3) is 0.462. The summed E-state index contributed by atoms with van der Waals surface area (Å²) in [5.74, 6) is -0.248. The normalized spacial score (nSPS) is 21.5. The summed E-state index contributed by atoms with van der Waals surface area (Å²) in [6.45, 7) is 10.5. The molecule has 1 fully saturated rings. The number of hydrazone groups is 1. The minimum atomic E-state index is -0.637. The summed E-state index contributed by atoms with van der Waals surface area (Å²) in [4.78, 5) is 7.08. The van der Waals surface area contributed by atoms with Gasteiger partial charge in [0.2, 0.25) is 0 Å². The minimum absolute atomic E-state index is 0.140. The molecule has 0 bridgehead atoms. The predicted octanol–water partition coefficient (Wildman–Crippen LogP) is 5.88. The van der Waals surface area contributed by atoms with E-state index in [1.807, 2.05) is 13.0 Å². The smallest absolute Gasteiger partial charge is 0.139 e. The van der Waals surface area contributed by atoms with E-state index in [-0.39, 0.29) is 23.5 Å². The van der Waals surface area contributed by atoms with Crippen molar-refractivity contribution in [3.8, 4) is 0 Å². The van der Waals surface area contributed by atoms with Crippen molar-refractivity contribution in [2.45, 2.75) is 59.0 Å². The van der Waals surface area contributed by atoms with Crippen molar-refractivity contribution in [3.63, 3.8) is 0 Å². The number of aliphatic imine (C=N–C) groups is 1. The molecule has 0 aliphatic carbocycles. The second-order valence-corrected chi connectivity index (χ2v) is 9.56. The van der Waals surface area contributed by atoms with Gasteiger partial charge in [-0.15, -0.1) is 0 Å². The highest BCUT2D eigenvalue weighted by Crippen LogP contribution is 2.37. The Bertz CT molecular complexity index is 1030. The lowest BCUT2D eigenvalue weighted by Gasteiger charge is -2.30. The topological polar surface area (TPSA) is 52.0 Å². The van der Waals surface area contributed by atoms with E-state index in [0.29, 0.717) is 0 Å². The van der Waals surface area contributed by atoms with Crippen LogP contribution in [-0.4, -0.2) is 30.7 Å². The van der Waals surface area contributed by atoms with E-state index < -0.39 is 11.6 Å². The average Bonchev–Trinajstić information content (AvgIpc) is 3.05. The molecule has 2 aromatic rings. The summed E-state index contributed by atoms with van der Waals surface area (Å²) in [6.07, 6.45) is 3.66. The van der Waals surface area contributed by atoms with Crippen LogP contribution in [0.4, 0.5) is 20.2 Å². The van der Waals surface area contributed by atoms with Gasteiger partial charge in [0.25, 0.3) is 0 Å². The lowest BCUT2D eigenvalue weighted by molar-refractivity contribution is 0.566. The second kappa shape index (κ2) is 9.89. The molecule has 2 atom stereocenters. The first-order chi connectivity index (χ1) is 15.8. The maximum atomic E-state index is 14.5. The van der Waals surface area contributed by atoms with E-state index in [0.717, 1.165) is 41.7 Å². The van der Waals surface area contributed by atoms with Crippen molar-refractivity contribution in [2.75, 3.05) is 23.3 Å². The fourth-order valence-electron chi connectivity index (χ4n) is 4.38. The summed E-state index contributed by atoms with van der Waals surface area (Å²) >= 11 is 0. The molecule has 2 unspecified atom stereocenters. The molecule has 0 radical (unpaired) electrons. The van der Waals surface area contributed by atoms with Crippen molar-refractivity contribution in [1.29, 1.82) is 0 Å². The van der Waals surface area contributed by atoms with Gasteiger partial charge in [-0.25, -0.2) is 8.78 Å². The highest BCUT2D eigenvalue weighted by atomic mass is 19.1. The summed E-state index contributed by atoms with van der Waals surface area (Å²) < 4.78 is 29.0. The molecule has 5 rings (SSSR count). The Hall–Kier alpha value is -2.96. The third-order valence-corrected chi connectivity index (χ3v) is 5.94. The summed E-state index contributed by atoms with van der Waals surface area (Å²) in [6, 6.07) is 9.56. The van der Waals surface area contributed by atoms with Gasteiger partial charge in [0.15, 0.2) is 0 Å². The summed E-state index contributed by atoms with van der Waals surface area (Å²) in [5, 5.41) is 7.56. The number of hydrogen-bond donors (Lipinski definition) is 2. The van der Waals surface area contributed by atoms with E-state index in [1.54, 1.807) is 0 Å². The van der Waals surface area contributed by atoms with Gasteiger partial charge < -0.3 is 10.2 Å². The molecule has 3 aliphatic rings. The second-order valence-electron chi connectivity index (χ2n) is 9.56. The Morgan fingerprint density at radius 1 is 1.00 bits per heavy atom. The molecule has 0 aromatic heterocycles. The number of nitrogens with one attached hydrogen (secondary N) is 2. The first-order valence-corrected chi connectivity index (χ1v) is 11.8. The maximum absolute atomic E-state index is 14.5. The monoisotopic (exact) mass is 453 g/mol.